The van der Waals surface area contributed by atoms with Gasteiger partial charge in [0.25, 0.3) is 0 Å². The predicted molar refractivity (Wildman–Crippen MR) is 81.2 cm³/mol. The summed E-state index contributed by atoms with van der Waals surface area (Å²) in [7, 11) is 1.21. The average Bonchev–Trinajstić information content (AvgIpc) is 2.75. The van der Waals surface area contributed by atoms with Crippen molar-refractivity contribution < 1.29 is 13.9 Å². The Bertz CT molecular complexity index is 663. The molecule has 1 aromatic carbocycles. The van der Waals surface area contributed by atoms with Crippen LogP contribution in [0.4, 0.5) is 21.5 Å². The SMILES string of the molecule is COC(=O)c1cc(N)c(N)c(F)c1NC1=CC=CCC=C1. The summed E-state index contributed by atoms with van der Waals surface area (Å²) < 4.78 is 19.0. The largest absolute Gasteiger partial charge is 0.465 e. The molecule has 1 aliphatic carbocycles. The maximum Gasteiger partial charge on any atom is 0.340 e. The van der Waals surface area contributed by atoms with Gasteiger partial charge in [-0.1, -0.05) is 18.2 Å². The summed E-state index contributed by atoms with van der Waals surface area (Å²) >= 11 is 0. The molecule has 21 heavy (non-hydrogen) atoms. The van der Waals surface area contributed by atoms with Gasteiger partial charge in [0, 0.05) is 5.70 Å². The third kappa shape index (κ3) is 3.05. The van der Waals surface area contributed by atoms with Gasteiger partial charge in [0.2, 0.25) is 0 Å². The molecule has 1 aromatic rings. The Labute approximate surface area is 121 Å². The smallest absolute Gasteiger partial charge is 0.340 e. The van der Waals surface area contributed by atoms with Crippen LogP contribution in [0.15, 0.2) is 42.1 Å². The van der Waals surface area contributed by atoms with Crippen LogP contribution in [0.2, 0.25) is 0 Å². The summed E-state index contributed by atoms with van der Waals surface area (Å²) in [5.74, 6) is -1.48. The maximum absolute atomic E-state index is 14.3. The van der Waals surface area contributed by atoms with Gasteiger partial charge in [-0.3, -0.25) is 0 Å². The molecule has 1 aliphatic rings. The van der Waals surface area contributed by atoms with E-state index < -0.39 is 11.8 Å². The maximum atomic E-state index is 14.3. The van der Waals surface area contributed by atoms with Crippen LogP contribution < -0.4 is 16.8 Å². The highest BCUT2D eigenvalue weighted by Crippen LogP contribution is 2.32. The number of methoxy groups -OCH3 is 1. The zero-order valence-corrected chi connectivity index (χ0v) is 11.5. The summed E-state index contributed by atoms with van der Waals surface area (Å²) in [6.45, 7) is 0. The molecule has 0 aromatic heterocycles. The number of rotatable bonds is 3. The Morgan fingerprint density at radius 2 is 2.14 bits per heavy atom. The molecule has 0 amide bonds. The minimum absolute atomic E-state index is 0.00998. The number of hydrogen-bond acceptors (Lipinski definition) is 5. The lowest BCUT2D eigenvalue weighted by atomic mass is 10.1. The van der Waals surface area contributed by atoms with E-state index in [1.807, 2.05) is 18.2 Å². The van der Waals surface area contributed by atoms with Gasteiger partial charge in [0.1, 0.15) is 0 Å². The minimum atomic E-state index is -0.780. The van der Waals surface area contributed by atoms with Gasteiger partial charge in [0.05, 0.1) is 29.7 Å². The Kier molecular flexibility index (Phi) is 4.27. The van der Waals surface area contributed by atoms with Gasteiger partial charge < -0.3 is 21.5 Å². The Morgan fingerprint density at radius 1 is 1.38 bits per heavy atom. The van der Waals surface area contributed by atoms with Crippen LogP contribution in [-0.2, 0) is 4.74 Å². The number of nitrogens with two attached hydrogens (primary N) is 2. The minimum Gasteiger partial charge on any atom is -0.465 e. The Balaban J connectivity index is 2.50. The first-order valence-corrected chi connectivity index (χ1v) is 6.30. The van der Waals surface area contributed by atoms with Crippen LogP contribution >= 0.6 is 0 Å². The second-order valence-electron chi connectivity index (χ2n) is 4.42. The molecule has 0 aliphatic heterocycles. The first-order chi connectivity index (χ1) is 10.0. The number of carbonyl (C=O) groups excluding carboxylic acids is 1. The second kappa shape index (κ2) is 6.13. The average molecular weight is 289 g/mol. The number of ether oxygens (including phenoxy) is 1. The number of hydrogen-bond donors (Lipinski definition) is 3. The second-order valence-corrected chi connectivity index (χ2v) is 4.42. The van der Waals surface area contributed by atoms with Gasteiger partial charge in [-0.2, -0.15) is 0 Å². The van der Waals surface area contributed by atoms with Gasteiger partial charge >= 0.3 is 5.97 Å². The topological polar surface area (TPSA) is 90.4 Å². The van der Waals surface area contributed by atoms with Crippen LogP contribution in [0, 0.1) is 5.82 Å². The molecule has 0 fully saturated rings. The van der Waals surface area contributed by atoms with E-state index in [4.69, 9.17) is 11.5 Å². The number of halogens is 1. The molecule has 0 saturated heterocycles. The molecule has 2 rings (SSSR count). The molecule has 0 heterocycles. The van der Waals surface area contributed by atoms with Crippen molar-refractivity contribution in [2.45, 2.75) is 6.42 Å². The van der Waals surface area contributed by atoms with Gasteiger partial charge in [0.15, 0.2) is 5.82 Å². The van der Waals surface area contributed by atoms with Crippen molar-refractivity contribution in [2.75, 3.05) is 23.9 Å². The number of anilines is 3. The van der Waals surface area contributed by atoms with Crippen LogP contribution in [0.3, 0.4) is 0 Å². The number of benzene rings is 1. The molecule has 0 unspecified atom stereocenters. The van der Waals surface area contributed by atoms with E-state index in [1.54, 1.807) is 12.2 Å². The quantitative estimate of drug-likeness (QED) is 0.587. The number of carbonyl (C=O) groups is 1. The number of esters is 1. The predicted octanol–water partition coefficient (Wildman–Crippen LogP) is 2.59. The van der Waals surface area contributed by atoms with Crippen molar-refractivity contribution >= 4 is 23.0 Å². The molecular formula is C15H16FN3O2. The number of nitrogen functional groups attached to an aromatic ring is 2. The highest BCUT2D eigenvalue weighted by atomic mass is 19.1. The van der Waals surface area contributed by atoms with Crippen molar-refractivity contribution in [3.05, 3.63) is 53.5 Å². The molecule has 5 nitrogen and oxygen atoms in total. The Hall–Kier alpha value is -2.76. The first kappa shape index (κ1) is 14.6. The van der Waals surface area contributed by atoms with E-state index >= 15 is 0 Å². The fourth-order valence-electron chi connectivity index (χ4n) is 1.89. The van der Waals surface area contributed by atoms with Gasteiger partial charge in [-0.25, -0.2) is 9.18 Å². The van der Waals surface area contributed by atoms with Gasteiger partial charge in [-0.05, 0) is 24.6 Å². The monoisotopic (exact) mass is 289 g/mol. The lowest BCUT2D eigenvalue weighted by Crippen LogP contribution is -2.12. The fraction of sp³-hybridized carbons (Fsp3) is 0.133. The first-order valence-electron chi connectivity index (χ1n) is 6.30. The van der Waals surface area contributed by atoms with E-state index in [1.165, 1.54) is 13.2 Å². The summed E-state index contributed by atoms with van der Waals surface area (Å²) in [5.41, 5.74) is 11.5. The molecule has 0 spiro atoms. The highest BCUT2D eigenvalue weighted by Gasteiger charge is 2.21. The Morgan fingerprint density at radius 3 is 2.86 bits per heavy atom. The highest BCUT2D eigenvalue weighted by molar-refractivity contribution is 5.99. The van der Waals surface area contributed by atoms with Crippen LogP contribution in [0.25, 0.3) is 0 Å². The summed E-state index contributed by atoms with van der Waals surface area (Å²) in [5, 5.41) is 2.85. The molecular weight excluding hydrogens is 273 g/mol. The van der Waals surface area contributed by atoms with Crippen molar-refractivity contribution in [1.29, 1.82) is 0 Å². The third-order valence-corrected chi connectivity index (χ3v) is 2.99. The molecule has 0 atom stereocenters. The van der Waals surface area contributed by atoms with E-state index in [0.717, 1.165) is 6.42 Å². The van der Waals surface area contributed by atoms with Gasteiger partial charge in [-0.15, -0.1) is 0 Å². The molecule has 110 valence electrons. The van der Waals surface area contributed by atoms with Crippen LogP contribution in [-0.4, -0.2) is 13.1 Å². The third-order valence-electron chi connectivity index (χ3n) is 2.99. The zero-order valence-electron chi connectivity index (χ0n) is 11.5. The van der Waals surface area contributed by atoms with Crippen LogP contribution in [0.5, 0.6) is 0 Å². The van der Waals surface area contributed by atoms with E-state index in [0.29, 0.717) is 5.70 Å². The van der Waals surface area contributed by atoms with Crippen molar-refractivity contribution in [2.24, 2.45) is 0 Å². The van der Waals surface area contributed by atoms with Crippen molar-refractivity contribution in [3.63, 3.8) is 0 Å². The van der Waals surface area contributed by atoms with E-state index in [-0.39, 0.29) is 22.6 Å². The number of allylic oxidation sites excluding steroid dienone is 5. The summed E-state index contributed by atoms with van der Waals surface area (Å²) in [4.78, 5) is 11.8. The molecule has 5 N–H and O–H groups in total. The number of nitrogens with one attached hydrogen (secondary N) is 1. The normalized spacial score (nSPS) is 13.5. The molecule has 0 radical (unpaired) electrons. The van der Waals surface area contributed by atoms with E-state index in [9.17, 15) is 9.18 Å². The molecule has 0 bridgehead atoms. The van der Waals surface area contributed by atoms with E-state index in [2.05, 4.69) is 10.1 Å². The van der Waals surface area contributed by atoms with Crippen LogP contribution in [0.1, 0.15) is 16.8 Å². The molecule has 0 saturated carbocycles. The standard InChI is InChI=1S/C15H16FN3O2/c1-21-15(20)10-8-11(17)13(18)12(16)14(10)19-9-6-4-2-3-5-7-9/h2,4-8,19H,3,17-18H2,1H3. The fourth-order valence-corrected chi connectivity index (χ4v) is 1.89. The summed E-state index contributed by atoms with van der Waals surface area (Å²) in [6.07, 6.45) is 10.00. The molecule has 6 heteroatoms. The lowest BCUT2D eigenvalue weighted by molar-refractivity contribution is 0.0601. The van der Waals surface area contributed by atoms with Crippen molar-refractivity contribution in [3.8, 4) is 0 Å². The zero-order chi connectivity index (χ0) is 15.4. The van der Waals surface area contributed by atoms with Crippen molar-refractivity contribution in [1.82, 2.24) is 0 Å². The summed E-state index contributed by atoms with van der Waals surface area (Å²) in [6, 6.07) is 1.30. The lowest BCUT2D eigenvalue weighted by Gasteiger charge is -2.15.